The molecule has 1 heterocycles. The number of nitrogens with one attached hydrogen (secondary N) is 2. The Morgan fingerprint density at radius 3 is 2.24 bits per heavy atom. The van der Waals surface area contributed by atoms with Crippen molar-refractivity contribution in [1.82, 2.24) is 15.5 Å². The number of hydrogen-bond donors (Lipinski definition) is 3. The average Bonchev–Trinajstić information content (AvgIpc) is 3.10. The summed E-state index contributed by atoms with van der Waals surface area (Å²) in [5.41, 5.74) is 4.45. The van der Waals surface area contributed by atoms with Crippen LogP contribution in [0.5, 0.6) is 0 Å². The average molecular weight is 452 g/mol. The molecule has 0 spiro atoms. The van der Waals surface area contributed by atoms with Crippen LogP contribution in [0.25, 0.3) is 11.1 Å². The largest absolute Gasteiger partial charge is 0.481 e. The van der Waals surface area contributed by atoms with Crippen LogP contribution in [-0.4, -0.2) is 66.8 Å². The van der Waals surface area contributed by atoms with Gasteiger partial charge in [-0.05, 0) is 48.2 Å². The number of carbonyl (C=O) groups excluding carboxylic acids is 2. The Morgan fingerprint density at radius 2 is 1.67 bits per heavy atom. The Balaban J connectivity index is 1.34. The number of fused-ring (bicyclic) bond motifs is 3. The lowest BCUT2D eigenvalue weighted by atomic mass is 9.98. The Labute approximate surface area is 192 Å². The number of benzene rings is 2. The lowest BCUT2D eigenvalue weighted by Crippen LogP contribution is -2.49. The van der Waals surface area contributed by atoms with Gasteiger partial charge in [-0.2, -0.15) is 0 Å². The minimum Gasteiger partial charge on any atom is -0.481 e. The number of rotatable bonds is 10. The summed E-state index contributed by atoms with van der Waals surface area (Å²) >= 11 is 0. The number of carboxylic acid groups (broad SMARTS) is 1. The van der Waals surface area contributed by atoms with E-state index in [1.165, 1.54) is 6.42 Å². The van der Waals surface area contributed by atoms with Gasteiger partial charge in [0, 0.05) is 25.4 Å². The van der Waals surface area contributed by atoms with Crippen molar-refractivity contribution in [2.45, 2.75) is 31.2 Å². The Bertz CT molecular complexity index is 975. The molecule has 0 bridgehead atoms. The monoisotopic (exact) mass is 451 g/mol. The van der Waals surface area contributed by atoms with Crippen molar-refractivity contribution in [2.24, 2.45) is 0 Å². The zero-order valence-corrected chi connectivity index (χ0v) is 18.5. The van der Waals surface area contributed by atoms with Crippen molar-refractivity contribution in [2.75, 3.05) is 32.8 Å². The first kappa shape index (κ1) is 22.8. The van der Waals surface area contributed by atoms with Crippen LogP contribution in [0.1, 0.15) is 36.3 Å². The summed E-state index contributed by atoms with van der Waals surface area (Å²) in [5, 5.41) is 14.4. The molecule has 1 aliphatic carbocycles. The lowest BCUT2D eigenvalue weighted by molar-refractivity contribution is -0.137. The molecule has 2 aliphatic rings. The fourth-order valence-corrected chi connectivity index (χ4v) is 4.38. The Morgan fingerprint density at radius 1 is 1.03 bits per heavy atom. The van der Waals surface area contributed by atoms with Crippen LogP contribution in [0.2, 0.25) is 0 Å². The molecule has 1 aliphatic heterocycles. The third kappa shape index (κ3) is 5.51. The van der Waals surface area contributed by atoms with Crippen molar-refractivity contribution >= 4 is 18.0 Å². The number of alkyl carbamates (subject to hydrolysis) is 1. The van der Waals surface area contributed by atoms with Crippen LogP contribution in [0.3, 0.4) is 0 Å². The van der Waals surface area contributed by atoms with Crippen LogP contribution in [0.4, 0.5) is 4.79 Å². The SMILES string of the molecule is O=C(O)CCC(NC(=O)OCC1c2ccccc2-c2ccccc21)C(=O)NCCN1CCC1. The van der Waals surface area contributed by atoms with Gasteiger partial charge in [-0.1, -0.05) is 48.5 Å². The van der Waals surface area contributed by atoms with E-state index in [-0.39, 0.29) is 25.4 Å². The van der Waals surface area contributed by atoms with E-state index < -0.39 is 24.0 Å². The fraction of sp³-hybridized carbons (Fsp3) is 0.400. The molecule has 0 aromatic heterocycles. The van der Waals surface area contributed by atoms with Crippen LogP contribution in [0.15, 0.2) is 48.5 Å². The number of carbonyl (C=O) groups is 3. The minimum absolute atomic E-state index is 0.00488. The van der Waals surface area contributed by atoms with Crippen LogP contribution in [0, 0.1) is 0 Å². The summed E-state index contributed by atoms with van der Waals surface area (Å²) < 4.78 is 5.51. The maximum absolute atomic E-state index is 12.6. The third-order valence-electron chi connectivity index (χ3n) is 6.28. The molecular weight excluding hydrogens is 422 g/mol. The minimum atomic E-state index is -1.03. The van der Waals surface area contributed by atoms with Crippen LogP contribution >= 0.6 is 0 Å². The molecule has 2 aromatic carbocycles. The highest BCUT2D eigenvalue weighted by Gasteiger charge is 2.30. The molecule has 8 nitrogen and oxygen atoms in total. The summed E-state index contributed by atoms with van der Waals surface area (Å²) in [6, 6.07) is 15.1. The zero-order valence-electron chi connectivity index (χ0n) is 18.5. The van der Waals surface area contributed by atoms with E-state index in [1.54, 1.807) is 0 Å². The van der Waals surface area contributed by atoms with Crippen LogP contribution < -0.4 is 10.6 Å². The van der Waals surface area contributed by atoms with Crippen molar-refractivity contribution in [3.8, 4) is 11.1 Å². The second kappa shape index (κ2) is 10.5. The molecule has 2 aromatic rings. The first-order chi connectivity index (χ1) is 16.0. The normalized spacial score (nSPS) is 15.6. The Kier molecular flexibility index (Phi) is 7.24. The zero-order chi connectivity index (χ0) is 23.2. The summed E-state index contributed by atoms with van der Waals surface area (Å²) in [6.45, 7) is 3.37. The second-order valence-corrected chi connectivity index (χ2v) is 8.44. The van der Waals surface area contributed by atoms with Crippen molar-refractivity contribution < 1.29 is 24.2 Å². The number of ether oxygens (including phenoxy) is 1. The topological polar surface area (TPSA) is 108 Å². The molecule has 1 saturated heterocycles. The number of nitrogens with zero attached hydrogens (tertiary/aromatic N) is 1. The van der Waals surface area contributed by atoms with Gasteiger partial charge in [0.15, 0.2) is 0 Å². The van der Waals surface area contributed by atoms with E-state index in [4.69, 9.17) is 9.84 Å². The van der Waals surface area contributed by atoms with Gasteiger partial charge in [-0.25, -0.2) is 4.79 Å². The summed E-state index contributed by atoms with van der Waals surface area (Å²) in [5.74, 6) is -1.51. The van der Waals surface area contributed by atoms with Gasteiger partial charge >= 0.3 is 12.1 Å². The maximum atomic E-state index is 12.6. The number of aliphatic carboxylic acids is 1. The summed E-state index contributed by atoms with van der Waals surface area (Å²) in [6.07, 6.45) is 0.201. The second-order valence-electron chi connectivity index (χ2n) is 8.44. The van der Waals surface area contributed by atoms with Gasteiger partial charge in [0.25, 0.3) is 0 Å². The molecule has 0 radical (unpaired) electrons. The van der Waals surface area contributed by atoms with Gasteiger partial charge in [0.1, 0.15) is 12.6 Å². The molecular formula is C25H29N3O5. The maximum Gasteiger partial charge on any atom is 0.407 e. The molecule has 0 saturated carbocycles. The van der Waals surface area contributed by atoms with E-state index in [9.17, 15) is 14.4 Å². The first-order valence-corrected chi connectivity index (χ1v) is 11.4. The Hall–Kier alpha value is -3.39. The van der Waals surface area contributed by atoms with E-state index >= 15 is 0 Å². The highest BCUT2D eigenvalue weighted by molar-refractivity contribution is 5.86. The number of likely N-dealkylation sites (tertiary alicyclic amines) is 1. The smallest absolute Gasteiger partial charge is 0.407 e. The molecule has 3 N–H and O–H groups in total. The van der Waals surface area contributed by atoms with Crippen molar-refractivity contribution in [3.05, 3.63) is 59.7 Å². The van der Waals surface area contributed by atoms with Gasteiger partial charge in [-0.3, -0.25) is 9.59 Å². The van der Waals surface area contributed by atoms with Gasteiger partial charge in [-0.15, -0.1) is 0 Å². The van der Waals surface area contributed by atoms with Gasteiger partial charge < -0.3 is 25.4 Å². The van der Waals surface area contributed by atoms with E-state index in [2.05, 4.69) is 27.7 Å². The summed E-state index contributed by atoms with van der Waals surface area (Å²) in [4.78, 5) is 38.4. The molecule has 174 valence electrons. The number of carboxylic acids is 1. The van der Waals surface area contributed by atoms with E-state index in [0.29, 0.717) is 6.54 Å². The van der Waals surface area contributed by atoms with Gasteiger partial charge in [0.05, 0.1) is 0 Å². The third-order valence-corrected chi connectivity index (χ3v) is 6.28. The standard InChI is InChI=1S/C25H29N3O5/c29-23(30)11-10-22(24(31)26-12-15-28-13-5-14-28)27-25(32)33-16-21-19-8-3-1-6-17(19)18-7-2-4-9-20(18)21/h1-4,6-9,21-22H,5,10-16H2,(H,26,31)(H,27,32)(H,29,30). The summed E-state index contributed by atoms with van der Waals surface area (Å²) in [7, 11) is 0. The molecule has 1 unspecified atom stereocenters. The van der Waals surface area contributed by atoms with Crippen molar-refractivity contribution in [1.29, 1.82) is 0 Å². The predicted octanol–water partition coefficient (Wildman–Crippen LogP) is 2.58. The molecule has 1 fully saturated rings. The quantitative estimate of drug-likeness (QED) is 0.513. The highest BCUT2D eigenvalue weighted by Crippen LogP contribution is 2.44. The van der Waals surface area contributed by atoms with Gasteiger partial charge in [0.2, 0.25) is 5.91 Å². The predicted molar refractivity (Wildman–Crippen MR) is 123 cm³/mol. The van der Waals surface area contributed by atoms with E-state index in [0.717, 1.165) is 41.9 Å². The highest BCUT2D eigenvalue weighted by atomic mass is 16.5. The van der Waals surface area contributed by atoms with Crippen LogP contribution in [-0.2, 0) is 14.3 Å². The number of amides is 2. The molecule has 4 rings (SSSR count). The molecule has 8 heteroatoms. The molecule has 1 atom stereocenters. The lowest BCUT2D eigenvalue weighted by Gasteiger charge is -2.30. The first-order valence-electron chi connectivity index (χ1n) is 11.4. The van der Waals surface area contributed by atoms with Crippen molar-refractivity contribution in [3.63, 3.8) is 0 Å². The molecule has 2 amide bonds. The molecule has 33 heavy (non-hydrogen) atoms. The van der Waals surface area contributed by atoms with E-state index in [1.807, 2.05) is 36.4 Å². The fourth-order valence-electron chi connectivity index (χ4n) is 4.38. The number of hydrogen-bond acceptors (Lipinski definition) is 5.